The van der Waals surface area contributed by atoms with Crippen LogP contribution in [0.2, 0.25) is 0 Å². The largest absolute Gasteiger partial charge is 0.371 e. The third-order valence-electron chi connectivity index (χ3n) is 3.46. The predicted octanol–water partition coefficient (Wildman–Crippen LogP) is 4.00. The third kappa shape index (κ3) is 3.35. The minimum absolute atomic E-state index is 0.232. The van der Waals surface area contributed by atoms with Crippen molar-refractivity contribution in [2.24, 2.45) is 5.41 Å². The van der Waals surface area contributed by atoms with Gasteiger partial charge in [0.05, 0.1) is 5.88 Å². The van der Waals surface area contributed by atoms with E-state index in [4.69, 9.17) is 11.6 Å². The highest BCUT2D eigenvalue weighted by Crippen LogP contribution is 2.30. The van der Waals surface area contributed by atoms with Crippen LogP contribution < -0.4 is 4.90 Å². The summed E-state index contributed by atoms with van der Waals surface area (Å²) in [5, 5.41) is 0. The molecule has 3 heteroatoms. The van der Waals surface area contributed by atoms with Crippen LogP contribution in [-0.2, 0) is 5.88 Å². The highest BCUT2D eigenvalue weighted by molar-refractivity contribution is 6.17. The monoisotopic (exact) mass is 254 g/mol. The van der Waals surface area contributed by atoms with Crippen molar-refractivity contribution in [3.05, 3.63) is 23.5 Å². The summed E-state index contributed by atoms with van der Waals surface area (Å²) in [7, 11) is 2.13. The molecular weight excluding hydrogens is 232 g/mol. The van der Waals surface area contributed by atoms with E-state index >= 15 is 0 Å². The van der Waals surface area contributed by atoms with Gasteiger partial charge in [-0.1, -0.05) is 20.8 Å². The molecule has 0 aliphatic heterocycles. The van der Waals surface area contributed by atoms with Crippen LogP contribution in [0.4, 0.5) is 5.69 Å². The minimum Gasteiger partial charge on any atom is -0.371 e. The van der Waals surface area contributed by atoms with Gasteiger partial charge in [0.25, 0.3) is 0 Å². The van der Waals surface area contributed by atoms with E-state index in [-0.39, 0.29) is 5.41 Å². The van der Waals surface area contributed by atoms with Crippen molar-refractivity contribution >= 4 is 17.3 Å². The zero-order chi connectivity index (χ0) is 13.2. The van der Waals surface area contributed by atoms with Gasteiger partial charge in [-0.3, -0.25) is 4.98 Å². The van der Waals surface area contributed by atoms with E-state index in [9.17, 15) is 0 Å². The van der Waals surface area contributed by atoms with Crippen LogP contribution in [-0.4, -0.2) is 18.1 Å². The van der Waals surface area contributed by atoms with Crippen LogP contribution in [0.3, 0.4) is 0 Å². The van der Waals surface area contributed by atoms with E-state index in [1.807, 2.05) is 13.1 Å². The van der Waals surface area contributed by atoms with Crippen LogP contribution in [0.25, 0.3) is 0 Å². The molecule has 1 aromatic heterocycles. The van der Waals surface area contributed by atoms with Crippen LogP contribution in [0.1, 0.15) is 39.0 Å². The van der Waals surface area contributed by atoms with Gasteiger partial charge in [-0.05, 0) is 25.3 Å². The first-order valence-corrected chi connectivity index (χ1v) is 6.55. The molecule has 17 heavy (non-hydrogen) atoms. The quantitative estimate of drug-likeness (QED) is 0.758. The fraction of sp³-hybridized carbons (Fsp3) is 0.643. The third-order valence-corrected chi connectivity index (χ3v) is 3.74. The molecule has 0 aliphatic rings. The number of aromatic nitrogens is 1. The summed E-state index contributed by atoms with van der Waals surface area (Å²) in [5.74, 6) is 0.504. The van der Waals surface area contributed by atoms with Crippen LogP contribution in [0, 0.1) is 12.3 Å². The van der Waals surface area contributed by atoms with Crippen molar-refractivity contribution in [3.63, 3.8) is 0 Å². The van der Waals surface area contributed by atoms with Crippen molar-refractivity contribution in [1.82, 2.24) is 4.98 Å². The number of rotatable bonds is 3. The molecule has 2 nitrogen and oxygen atoms in total. The molecule has 0 aliphatic carbocycles. The van der Waals surface area contributed by atoms with Gasteiger partial charge in [0, 0.05) is 36.2 Å². The second-order valence-electron chi connectivity index (χ2n) is 5.74. The number of alkyl halides is 1. The molecule has 0 fully saturated rings. The first-order chi connectivity index (χ1) is 7.77. The molecule has 1 aromatic rings. The first-order valence-electron chi connectivity index (χ1n) is 6.01. The summed E-state index contributed by atoms with van der Waals surface area (Å²) in [6.45, 7) is 11.0. The van der Waals surface area contributed by atoms with E-state index in [1.165, 1.54) is 5.69 Å². The van der Waals surface area contributed by atoms with Crippen LogP contribution in [0.5, 0.6) is 0 Å². The molecule has 1 rings (SSSR count). The number of hydrogen-bond acceptors (Lipinski definition) is 2. The van der Waals surface area contributed by atoms with E-state index < -0.39 is 0 Å². The van der Waals surface area contributed by atoms with Crippen LogP contribution in [0.15, 0.2) is 12.3 Å². The molecule has 96 valence electrons. The number of pyridine rings is 1. The molecule has 1 heterocycles. The molecule has 0 aromatic carbocycles. The summed E-state index contributed by atoms with van der Waals surface area (Å²) >= 11 is 5.98. The molecule has 0 saturated carbocycles. The van der Waals surface area contributed by atoms with Crippen LogP contribution >= 0.6 is 11.6 Å². The van der Waals surface area contributed by atoms with Gasteiger partial charge in [0.2, 0.25) is 0 Å². The number of nitrogens with zero attached hydrogens (tertiary/aromatic N) is 2. The minimum atomic E-state index is 0.232. The molecule has 1 unspecified atom stereocenters. The second-order valence-corrected chi connectivity index (χ2v) is 6.01. The van der Waals surface area contributed by atoms with Gasteiger partial charge in [-0.15, -0.1) is 11.6 Å². The van der Waals surface area contributed by atoms with Crippen molar-refractivity contribution in [1.29, 1.82) is 0 Å². The Morgan fingerprint density at radius 3 is 2.47 bits per heavy atom. The highest BCUT2D eigenvalue weighted by atomic mass is 35.5. The highest BCUT2D eigenvalue weighted by Gasteiger charge is 2.25. The molecule has 0 spiro atoms. The van der Waals surface area contributed by atoms with Gasteiger partial charge in [0.1, 0.15) is 0 Å². The lowest BCUT2D eigenvalue weighted by Crippen LogP contribution is -2.39. The van der Waals surface area contributed by atoms with Gasteiger partial charge >= 0.3 is 0 Å². The Morgan fingerprint density at radius 2 is 2.00 bits per heavy atom. The van der Waals surface area contributed by atoms with E-state index in [0.717, 1.165) is 11.3 Å². The maximum atomic E-state index is 5.98. The molecule has 0 radical (unpaired) electrons. The summed E-state index contributed by atoms with van der Waals surface area (Å²) in [4.78, 5) is 6.60. The first kappa shape index (κ1) is 14.3. The summed E-state index contributed by atoms with van der Waals surface area (Å²) in [6.07, 6.45) is 1.88. The second kappa shape index (κ2) is 5.26. The molecule has 0 bridgehead atoms. The average molecular weight is 255 g/mol. The van der Waals surface area contributed by atoms with E-state index in [0.29, 0.717) is 11.9 Å². The number of anilines is 1. The van der Waals surface area contributed by atoms with Gasteiger partial charge in [0.15, 0.2) is 0 Å². The fourth-order valence-corrected chi connectivity index (χ4v) is 2.00. The molecular formula is C14H23ClN2. The lowest BCUT2D eigenvalue weighted by molar-refractivity contribution is 0.329. The van der Waals surface area contributed by atoms with Gasteiger partial charge in [-0.25, -0.2) is 0 Å². The zero-order valence-corrected chi connectivity index (χ0v) is 12.5. The molecule has 1 atom stereocenters. The maximum Gasteiger partial charge on any atom is 0.0509 e. The Labute approximate surface area is 110 Å². The number of halogens is 1. The Balaban J connectivity index is 3.10. The van der Waals surface area contributed by atoms with Crippen molar-refractivity contribution < 1.29 is 0 Å². The topological polar surface area (TPSA) is 16.1 Å². The summed E-state index contributed by atoms with van der Waals surface area (Å²) in [5.41, 5.74) is 3.54. The van der Waals surface area contributed by atoms with Crippen molar-refractivity contribution in [2.75, 3.05) is 11.9 Å². The standard InChI is InChI=1S/C14H23ClN2/c1-10-7-13(12(8-15)9-16-10)17(6)11(2)14(3,4)5/h7,9,11H,8H2,1-6H3. The van der Waals surface area contributed by atoms with E-state index in [1.54, 1.807) is 0 Å². The number of hydrogen-bond donors (Lipinski definition) is 0. The zero-order valence-electron chi connectivity index (χ0n) is 11.7. The molecule has 0 amide bonds. The SMILES string of the molecule is Cc1cc(N(C)C(C)C(C)(C)C)c(CCl)cn1. The molecule has 0 saturated heterocycles. The summed E-state index contributed by atoms with van der Waals surface area (Å²) in [6, 6.07) is 2.55. The maximum absolute atomic E-state index is 5.98. The summed E-state index contributed by atoms with van der Waals surface area (Å²) < 4.78 is 0. The Kier molecular flexibility index (Phi) is 4.42. The fourth-order valence-electron chi connectivity index (χ4n) is 1.79. The smallest absolute Gasteiger partial charge is 0.0509 e. The molecule has 0 N–H and O–H groups in total. The van der Waals surface area contributed by atoms with Gasteiger partial charge < -0.3 is 4.90 Å². The lowest BCUT2D eigenvalue weighted by Gasteiger charge is -2.37. The van der Waals surface area contributed by atoms with E-state index in [2.05, 4.69) is 50.7 Å². The number of aryl methyl sites for hydroxylation is 1. The van der Waals surface area contributed by atoms with Crippen molar-refractivity contribution in [3.8, 4) is 0 Å². The van der Waals surface area contributed by atoms with Crippen molar-refractivity contribution in [2.45, 2.75) is 46.5 Å². The Hall–Kier alpha value is -0.760. The van der Waals surface area contributed by atoms with Gasteiger partial charge in [-0.2, -0.15) is 0 Å². The Bertz CT molecular complexity index is 382. The lowest BCUT2D eigenvalue weighted by atomic mass is 9.87. The normalized spacial score (nSPS) is 13.6. The Morgan fingerprint density at radius 1 is 1.41 bits per heavy atom. The predicted molar refractivity (Wildman–Crippen MR) is 75.9 cm³/mol. The average Bonchev–Trinajstić information content (AvgIpc) is 2.25.